The maximum absolute atomic E-state index is 12.6. The number of carbonyl (C=O) groups is 2. The first-order chi connectivity index (χ1) is 11.6. The first kappa shape index (κ1) is 18.2. The molecule has 0 aliphatic carbocycles. The van der Waals surface area contributed by atoms with E-state index in [0.717, 1.165) is 25.0 Å². The Labute approximate surface area is 143 Å². The summed E-state index contributed by atoms with van der Waals surface area (Å²) < 4.78 is 10.4. The molecule has 1 aliphatic rings. The third kappa shape index (κ3) is 5.49. The van der Waals surface area contributed by atoms with E-state index in [1.165, 1.54) is 7.11 Å². The van der Waals surface area contributed by atoms with Crippen molar-refractivity contribution < 1.29 is 19.1 Å². The first-order valence-corrected chi connectivity index (χ1v) is 8.31. The van der Waals surface area contributed by atoms with Gasteiger partial charge in [0.25, 0.3) is 0 Å². The molecule has 0 saturated carbocycles. The van der Waals surface area contributed by atoms with Gasteiger partial charge in [0.15, 0.2) is 0 Å². The molecule has 1 aliphatic heterocycles. The van der Waals surface area contributed by atoms with E-state index in [2.05, 4.69) is 0 Å². The summed E-state index contributed by atoms with van der Waals surface area (Å²) in [4.78, 5) is 25.9. The predicted molar refractivity (Wildman–Crippen MR) is 92.2 cm³/mol. The average molecular weight is 331 g/mol. The van der Waals surface area contributed by atoms with Crippen LogP contribution in [0.25, 0.3) is 6.08 Å². The van der Waals surface area contributed by atoms with Gasteiger partial charge >= 0.3 is 5.97 Å². The van der Waals surface area contributed by atoms with Gasteiger partial charge in [0.05, 0.1) is 19.1 Å². The van der Waals surface area contributed by atoms with Gasteiger partial charge in [-0.15, -0.1) is 0 Å². The summed E-state index contributed by atoms with van der Waals surface area (Å²) in [5.41, 5.74) is 0.962. The molecule has 1 aromatic rings. The quantitative estimate of drug-likeness (QED) is 0.569. The van der Waals surface area contributed by atoms with Crippen LogP contribution >= 0.6 is 0 Å². The van der Waals surface area contributed by atoms with Crippen molar-refractivity contribution in [2.24, 2.45) is 5.92 Å². The van der Waals surface area contributed by atoms with Crippen LogP contribution in [-0.2, 0) is 19.1 Å². The molecule has 24 heavy (non-hydrogen) atoms. The average Bonchev–Trinajstić information content (AvgIpc) is 3.12. The second-order valence-electron chi connectivity index (χ2n) is 6.05. The van der Waals surface area contributed by atoms with Crippen LogP contribution in [0.3, 0.4) is 0 Å². The highest BCUT2D eigenvalue weighted by molar-refractivity contribution is 5.92. The highest BCUT2D eigenvalue weighted by Gasteiger charge is 2.25. The van der Waals surface area contributed by atoms with Gasteiger partial charge in [-0.05, 0) is 24.5 Å². The fourth-order valence-corrected chi connectivity index (χ4v) is 2.73. The maximum Gasteiger partial charge on any atom is 0.310 e. The number of esters is 1. The lowest BCUT2D eigenvalue weighted by Crippen LogP contribution is -2.40. The fraction of sp³-hybridized carbons (Fsp3) is 0.474. The molecule has 2 atom stereocenters. The second kappa shape index (κ2) is 9.23. The van der Waals surface area contributed by atoms with Crippen molar-refractivity contribution in [1.29, 1.82) is 0 Å². The fourth-order valence-electron chi connectivity index (χ4n) is 2.73. The van der Waals surface area contributed by atoms with Gasteiger partial charge < -0.3 is 14.4 Å². The highest BCUT2D eigenvalue weighted by atomic mass is 16.5. The molecule has 0 spiro atoms. The minimum absolute atomic E-state index is 0.0453. The van der Waals surface area contributed by atoms with E-state index in [1.54, 1.807) is 24.0 Å². The summed E-state index contributed by atoms with van der Waals surface area (Å²) in [7, 11) is 1.36. The van der Waals surface area contributed by atoms with Gasteiger partial charge in [-0.1, -0.05) is 37.3 Å². The standard InChI is InChI=1S/C19H25NO4/c1-15(19(22)23-2)13-20(14-17-9-6-12-24-17)18(21)11-10-16-7-4-3-5-8-16/h3-5,7-8,10-11,15,17H,6,9,12-14H2,1-2H3/b11-10+. The number of hydrogen-bond donors (Lipinski definition) is 0. The van der Waals surface area contributed by atoms with Gasteiger partial charge in [0.2, 0.25) is 5.91 Å². The van der Waals surface area contributed by atoms with E-state index in [0.29, 0.717) is 13.1 Å². The lowest BCUT2D eigenvalue weighted by molar-refractivity contribution is -0.146. The number of carbonyl (C=O) groups excluding carboxylic acids is 2. The van der Waals surface area contributed by atoms with Crippen LogP contribution in [0.5, 0.6) is 0 Å². The molecule has 0 radical (unpaired) electrons. The van der Waals surface area contributed by atoms with Gasteiger partial charge in [0.1, 0.15) is 0 Å². The first-order valence-electron chi connectivity index (χ1n) is 8.31. The zero-order valence-corrected chi connectivity index (χ0v) is 14.3. The smallest absolute Gasteiger partial charge is 0.310 e. The molecule has 5 heteroatoms. The zero-order valence-electron chi connectivity index (χ0n) is 14.3. The van der Waals surface area contributed by atoms with Crippen molar-refractivity contribution in [3.8, 4) is 0 Å². The normalized spacial score (nSPS) is 18.5. The largest absolute Gasteiger partial charge is 0.469 e. The van der Waals surface area contributed by atoms with E-state index < -0.39 is 0 Å². The number of ether oxygens (including phenoxy) is 2. The topological polar surface area (TPSA) is 55.8 Å². The van der Waals surface area contributed by atoms with Crippen LogP contribution in [0.15, 0.2) is 36.4 Å². The number of benzene rings is 1. The second-order valence-corrected chi connectivity index (χ2v) is 6.05. The van der Waals surface area contributed by atoms with Crippen molar-refractivity contribution in [2.75, 3.05) is 26.8 Å². The Balaban J connectivity index is 2.03. The minimum Gasteiger partial charge on any atom is -0.469 e. The summed E-state index contributed by atoms with van der Waals surface area (Å²) in [6, 6.07) is 9.65. The van der Waals surface area contributed by atoms with Crippen LogP contribution in [0, 0.1) is 5.92 Å². The molecule has 1 amide bonds. The Kier molecular flexibility index (Phi) is 7.00. The number of rotatable bonds is 7. The van der Waals surface area contributed by atoms with E-state index in [-0.39, 0.29) is 23.9 Å². The number of nitrogens with zero attached hydrogens (tertiary/aromatic N) is 1. The van der Waals surface area contributed by atoms with Gasteiger partial charge in [0, 0.05) is 25.8 Å². The molecule has 0 N–H and O–H groups in total. The number of amides is 1. The van der Waals surface area contributed by atoms with Crippen LogP contribution in [0.4, 0.5) is 0 Å². The molecule has 1 heterocycles. The summed E-state index contributed by atoms with van der Waals surface area (Å²) in [6.45, 7) is 3.32. The summed E-state index contributed by atoms with van der Waals surface area (Å²) in [5, 5.41) is 0. The molecule has 0 bridgehead atoms. The molecule has 0 aromatic heterocycles. The Bertz CT molecular complexity index is 564. The summed E-state index contributed by atoms with van der Waals surface area (Å²) >= 11 is 0. The monoisotopic (exact) mass is 331 g/mol. The van der Waals surface area contributed by atoms with Crippen molar-refractivity contribution in [3.05, 3.63) is 42.0 Å². The van der Waals surface area contributed by atoms with Crippen molar-refractivity contribution >= 4 is 18.0 Å². The van der Waals surface area contributed by atoms with E-state index in [1.807, 2.05) is 30.3 Å². The van der Waals surface area contributed by atoms with Crippen molar-refractivity contribution in [3.63, 3.8) is 0 Å². The summed E-state index contributed by atoms with van der Waals surface area (Å²) in [6.07, 6.45) is 5.34. The number of hydrogen-bond acceptors (Lipinski definition) is 4. The molecule has 1 aromatic carbocycles. The number of methoxy groups -OCH3 is 1. The van der Waals surface area contributed by atoms with Crippen LogP contribution < -0.4 is 0 Å². The van der Waals surface area contributed by atoms with E-state index in [4.69, 9.17) is 9.47 Å². The molecule has 130 valence electrons. The van der Waals surface area contributed by atoms with Crippen molar-refractivity contribution in [2.45, 2.75) is 25.9 Å². The molecule has 2 rings (SSSR count). The molecular formula is C19H25NO4. The van der Waals surface area contributed by atoms with Gasteiger partial charge in [-0.2, -0.15) is 0 Å². The van der Waals surface area contributed by atoms with Gasteiger partial charge in [-0.3, -0.25) is 9.59 Å². The van der Waals surface area contributed by atoms with Gasteiger partial charge in [-0.25, -0.2) is 0 Å². The lowest BCUT2D eigenvalue weighted by atomic mass is 10.1. The Morgan fingerprint density at radius 3 is 2.75 bits per heavy atom. The predicted octanol–water partition coefficient (Wildman–Crippen LogP) is 2.52. The third-order valence-electron chi connectivity index (χ3n) is 4.08. The molecular weight excluding hydrogens is 306 g/mol. The molecule has 2 unspecified atom stereocenters. The van der Waals surface area contributed by atoms with Crippen LogP contribution in [-0.4, -0.2) is 49.7 Å². The Morgan fingerprint density at radius 1 is 1.38 bits per heavy atom. The third-order valence-corrected chi connectivity index (χ3v) is 4.08. The molecule has 1 saturated heterocycles. The zero-order chi connectivity index (χ0) is 17.4. The van der Waals surface area contributed by atoms with E-state index in [9.17, 15) is 9.59 Å². The SMILES string of the molecule is COC(=O)C(C)CN(CC1CCCO1)C(=O)/C=C/c1ccccc1. The molecule has 1 fully saturated rings. The minimum atomic E-state index is -0.370. The van der Waals surface area contributed by atoms with Crippen molar-refractivity contribution in [1.82, 2.24) is 4.90 Å². The van der Waals surface area contributed by atoms with Crippen LogP contribution in [0.2, 0.25) is 0 Å². The maximum atomic E-state index is 12.6. The molecule has 5 nitrogen and oxygen atoms in total. The van der Waals surface area contributed by atoms with E-state index >= 15 is 0 Å². The lowest BCUT2D eigenvalue weighted by Gasteiger charge is -2.26. The van der Waals surface area contributed by atoms with Crippen LogP contribution in [0.1, 0.15) is 25.3 Å². The Hall–Kier alpha value is -2.14. The highest BCUT2D eigenvalue weighted by Crippen LogP contribution is 2.15. The Morgan fingerprint density at radius 2 is 2.12 bits per heavy atom. The summed E-state index contributed by atoms with van der Waals surface area (Å²) in [5.74, 6) is -0.803.